The van der Waals surface area contributed by atoms with E-state index >= 15 is 0 Å². The van der Waals surface area contributed by atoms with Crippen molar-refractivity contribution in [1.29, 1.82) is 0 Å². The van der Waals surface area contributed by atoms with Crippen molar-refractivity contribution in [3.63, 3.8) is 0 Å². The van der Waals surface area contributed by atoms with Crippen LogP contribution < -0.4 is 5.01 Å². The highest BCUT2D eigenvalue weighted by molar-refractivity contribution is 6.02. The molecule has 6 rings (SSSR count). The Morgan fingerprint density at radius 3 is 1.80 bits per heavy atom. The van der Waals surface area contributed by atoms with Gasteiger partial charge < -0.3 is 9.80 Å². The molecule has 4 aromatic carbocycles. The molecular formula is C31H28N4. The van der Waals surface area contributed by atoms with Crippen molar-refractivity contribution in [1.82, 2.24) is 9.80 Å². The molecule has 0 aliphatic carbocycles. The maximum Gasteiger partial charge on any atom is 0.183 e. The third-order valence-electron chi connectivity index (χ3n) is 6.89. The number of amidine groups is 1. The second-order valence-corrected chi connectivity index (χ2v) is 9.00. The Morgan fingerprint density at radius 1 is 0.629 bits per heavy atom. The zero-order valence-corrected chi connectivity index (χ0v) is 19.8. The standard InChI is InChI=1S/C31H28N4/c1-33-22-23-34-30(26-16-8-3-9-17-26)32-35(28-20-12-5-13-21-28)31(34,27-18-10-4-11-19-27)24-29(33)25-14-6-2-7-15-25/h2-21,24H,22-23H2,1H3. The van der Waals surface area contributed by atoms with Crippen molar-refractivity contribution in [3.8, 4) is 0 Å². The number of anilines is 1. The average molecular weight is 457 g/mol. The van der Waals surface area contributed by atoms with Gasteiger partial charge in [-0.2, -0.15) is 5.10 Å². The van der Waals surface area contributed by atoms with Crippen LogP contribution in [0.5, 0.6) is 0 Å². The van der Waals surface area contributed by atoms with Crippen LogP contribution >= 0.6 is 0 Å². The number of fused-ring (bicyclic) bond motifs is 1. The van der Waals surface area contributed by atoms with Crippen molar-refractivity contribution in [2.24, 2.45) is 5.10 Å². The van der Waals surface area contributed by atoms with E-state index in [9.17, 15) is 0 Å². The summed E-state index contributed by atoms with van der Waals surface area (Å²) in [5, 5.41) is 7.53. The van der Waals surface area contributed by atoms with Gasteiger partial charge >= 0.3 is 0 Å². The van der Waals surface area contributed by atoms with Gasteiger partial charge in [-0.15, -0.1) is 0 Å². The van der Waals surface area contributed by atoms with Gasteiger partial charge in [-0.3, -0.25) is 0 Å². The number of rotatable bonds is 4. The van der Waals surface area contributed by atoms with Crippen LogP contribution in [-0.4, -0.2) is 35.8 Å². The van der Waals surface area contributed by atoms with Gasteiger partial charge in [0, 0.05) is 37.0 Å². The summed E-state index contributed by atoms with van der Waals surface area (Å²) >= 11 is 0. The maximum absolute atomic E-state index is 5.33. The highest BCUT2D eigenvalue weighted by Gasteiger charge is 2.51. The van der Waals surface area contributed by atoms with E-state index in [0.29, 0.717) is 0 Å². The van der Waals surface area contributed by atoms with Gasteiger partial charge in [0.05, 0.1) is 5.69 Å². The first-order chi connectivity index (χ1) is 17.3. The van der Waals surface area contributed by atoms with Gasteiger partial charge in [0.25, 0.3) is 0 Å². The molecule has 0 bridgehead atoms. The number of hydrazone groups is 1. The van der Waals surface area contributed by atoms with Crippen LogP contribution in [0.2, 0.25) is 0 Å². The highest BCUT2D eigenvalue weighted by Crippen LogP contribution is 2.46. The van der Waals surface area contributed by atoms with E-state index in [0.717, 1.165) is 30.2 Å². The normalized spacial score (nSPS) is 19.6. The molecule has 0 aromatic heterocycles. The molecule has 0 spiro atoms. The summed E-state index contributed by atoms with van der Waals surface area (Å²) < 4.78 is 0. The first kappa shape index (κ1) is 21.2. The van der Waals surface area contributed by atoms with Gasteiger partial charge in [0.2, 0.25) is 0 Å². The largest absolute Gasteiger partial charge is 0.372 e. The van der Waals surface area contributed by atoms with E-state index in [4.69, 9.17) is 5.10 Å². The quantitative estimate of drug-likeness (QED) is 0.375. The lowest BCUT2D eigenvalue weighted by molar-refractivity contribution is 0.246. The lowest BCUT2D eigenvalue weighted by Gasteiger charge is -2.42. The molecule has 0 saturated carbocycles. The molecule has 35 heavy (non-hydrogen) atoms. The summed E-state index contributed by atoms with van der Waals surface area (Å²) in [4.78, 5) is 4.83. The van der Waals surface area contributed by atoms with E-state index in [1.54, 1.807) is 0 Å². The van der Waals surface area contributed by atoms with Crippen LogP contribution in [-0.2, 0) is 5.66 Å². The summed E-state index contributed by atoms with van der Waals surface area (Å²) in [5.41, 5.74) is 5.13. The highest BCUT2D eigenvalue weighted by atomic mass is 15.7. The van der Waals surface area contributed by atoms with Gasteiger partial charge in [0.15, 0.2) is 11.5 Å². The topological polar surface area (TPSA) is 22.1 Å². The van der Waals surface area contributed by atoms with E-state index in [1.807, 2.05) is 0 Å². The van der Waals surface area contributed by atoms with E-state index in [1.165, 1.54) is 16.8 Å². The van der Waals surface area contributed by atoms with Crippen LogP contribution in [0.4, 0.5) is 5.69 Å². The third-order valence-corrected chi connectivity index (χ3v) is 6.89. The fraction of sp³-hybridized carbons (Fsp3) is 0.129. The zero-order valence-electron chi connectivity index (χ0n) is 19.8. The predicted octanol–water partition coefficient (Wildman–Crippen LogP) is 6.01. The second-order valence-electron chi connectivity index (χ2n) is 9.00. The average Bonchev–Trinajstić information content (AvgIpc) is 3.18. The Bertz CT molecular complexity index is 1350. The lowest BCUT2D eigenvalue weighted by Crippen LogP contribution is -2.52. The van der Waals surface area contributed by atoms with Gasteiger partial charge in [-0.25, -0.2) is 5.01 Å². The molecule has 1 atom stereocenters. The summed E-state index contributed by atoms with van der Waals surface area (Å²) in [6, 6.07) is 42.5. The lowest BCUT2D eigenvalue weighted by atomic mass is 9.93. The van der Waals surface area contributed by atoms with Gasteiger partial charge in [-0.05, 0) is 23.8 Å². The van der Waals surface area contributed by atoms with Gasteiger partial charge in [-0.1, -0.05) is 109 Å². The van der Waals surface area contributed by atoms with Crippen LogP contribution in [0.25, 0.3) is 5.70 Å². The summed E-state index contributed by atoms with van der Waals surface area (Å²) in [7, 11) is 2.19. The Kier molecular flexibility index (Phi) is 5.34. The van der Waals surface area contributed by atoms with E-state index in [-0.39, 0.29) is 0 Å². The summed E-state index contributed by atoms with van der Waals surface area (Å²) in [6.07, 6.45) is 2.40. The smallest absolute Gasteiger partial charge is 0.183 e. The summed E-state index contributed by atoms with van der Waals surface area (Å²) in [6.45, 7) is 1.71. The number of hydrogen-bond acceptors (Lipinski definition) is 4. The molecule has 4 heteroatoms. The zero-order chi connectivity index (χ0) is 23.7. The molecule has 4 aromatic rings. The van der Waals surface area contributed by atoms with Crippen molar-refractivity contribution in [3.05, 3.63) is 144 Å². The fourth-order valence-electron chi connectivity index (χ4n) is 5.17. The van der Waals surface area contributed by atoms with Crippen LogP contribution in [0, 0.1) is 0 Å². The van der Waals surface area contributed by atoms with Crippen LogP contribution in [0.3, 0.4) is 0 Å². The Balaban J connectivity index is 1.66. The number of hydrogen-bond donors (Lipinski definition) is 0. The minimum Gasteiger partial charge on any atom is -0.372 e. The van der Waals surface area contributed by atoms with Crippen molar-refractivity contribution >= 4 is 17.2 Å². The predicted molar refractivity (Wildman–Crippen MR) is 144 cm³/mol. The second kappa shape index (κ2) is 8.80. The first-order valence-corrected chi connectivity index (χ1v) is 12.1. The maximum atomic E-state index is 5.33. The van der Waals surface area contributed by atoms with Crippen molar-refractivity contribution in [2.75, 3.05) is 25.1 Å². The number of likely N-dealkylation sites (N-methyl/N-ethyl adjacent to an activating group) is 1. The molecule has 2 aliphatic heterocycles. The van der Waals surface area contributed by atoms with Crippen molar-refractivity contribution < 1.29 is 0 Å². The molecular weight excluding hydrogens is 428 g/mol. The Labute approximate surface area is 207 Å². The van der Waals surface area contributed by atoms with E-state index in [2.05, 4.69) is 149 Å². The molecule has 0 amide bonds. The SMILES string of the molecule is CN1CCN2C(c3ccccc3)=NN(c3ccccc3)C2(c2ccccc2)C=C1c1ccccc1. The number of benzene rings is 4. The van der Waals surface area contributed by atoms with E-state index < -0.39 is 5.66 Å². The fourth-order valence-corrected chi connectivity index (χ4v) is 5.17. The minimum absolute atomic E-state index is 0.621. The van der Waals surface area contributed by atoms with Crippen molar-refractivity contribution in [2.45, 2.75) is 5.66 Å². The molecule has 2 aliphatic rings. The molecule has 2 heterocycles. The van der Waals surface area contributed by atoms with Crippen LogP contribution in [0.15, 0.2) is 133 Å². The van der Waals surface area contributed by atoms with Crippen LogP contribution in [0.1, 0.15) is 16.7 Å². The molecule has 1 unspecified atom stereocenters. The molecule has 0 fully saturated rings. The third kappa shape index (κ3) is 3.58. The molecule has 172 valence electrons. The number of nitrogens with zero attached hydrogens (tertiary/aromatic N) is 4. The molecule has 0 saturated heterocycles. The molecule has 0 N–H and O–H groups in total. The van der Waals surface area contributed by atoms with Gasteiger partial charge in [0.1, 0.15) is 0 Å². The first-order valence-electron chi connectivity index (χ1n) is 12.1. The number of para-hydroxylation sites is 1. The summed E-state index contributed by atoms with van der Waals surface area (Å²) in [5.74, 6) is 0.984. The Morgan fingerprint density at radius 2 is 1.17 bits per heavy atom. The monoisotopic (exact) mass is 456 g/mol. The Hall–Kier alpha value is -4.31. The minimum atomic E-state index is -0.621. The molecule has 4 nitrogen and oxygen atoms in total. The molecule has 0 radical (unpaired) electrons.